The summed E-state index contributed by atoms with van der Waals surface area (Å²) in [4.78, 5) is 12.0. The van der Waals surface area contributed by atoms with Crippen molar-refractivity contribution in [2.75, 3.05) is 6.61 Å². The molecule has 118 valence electrons. The fraction of sp³-hybridized carbons (Fsp3) is 0.278. The fourth-order valence-electron chi connectivity index (χ4n) is 2.44. The van der Waals surface area contributed by atoms with Gasteiger partial charge < -0.3 is 4.74 Å². The highest BCUT2D eigenvalue weighted by Gasteiger charge is 2.11. The Morgan fingerprint density at radius 2 is 1.87 bits per heavy atom. The minimum absolute atomic E-state index is 0.0772. The van der Waals surface area contributed by atoms with Gasteiger partial charge in [-0.05, 0) is 42.7 Å². The van der Waals surface area contributed by atoms with Crippen molar-refractivity contribution < 1.29 is 9.53 Å². The summed E-state index contributed by atoms with van der Waals surface area (Å²) in [6.45, 7) is 4.51. The Labute approximate surface area is 134 Å². The molecule has 0 radical (unpaired) electrons. The Balaban J connectivity index is 1.61. The molecule has 23 heavy (non-hydrogen) atoms. The maximum Gasteiger partial charge on any atom is 0.327 e. The van der Waals surface area contributed by atoms with Crippen molar-refractivity contribution in [2.45, 2.75) is 26.8 Å². The van der Waals surface area contributed by atoms with E-state index in [9.17, 15) is 4.79 Å². The maximum absolute atomic E-state index is 12.0. The van der Waals surface area contributed by atoms with Gasteiger partial charge in [0.25, 0.3) is 0 Å². The Hall–Kier alpha value is -2.69. The van der Waals surface area contributed by atoms with Crippen molar-refractivity contribution in [3.8, 4) is 0 Å². The SMILES string of the molecule is Cc1cc2nnn(CC(=O)OCCc3ccccc3)c2cc1C. The van der Waals surface area contributed by atoms with Gasteiger partial charge in [-0.1, -0.05) is 35.5 Å². The van der Waals surface area contributed by atoms with E-state index in [1.807, 2.05) is 56.3 Å². The first kappa shape index (κ1) is 15.2. The Morgan fingerprint density at radius 1 is 1.13 bits per heavy atom. The van der Waals surface area contributed by atoms with E-state index in [-0.39, 0.29) is 12.5 Å². The van der Waals surface area contributed by atoms with Gasteiger partial charge in [-0.25, -0.2) is 4.68 Å². The van der Waals surface area contributed by atoms with Crippen LogP contribution in [0.25, 0.3) is 11.0 Å². The lowest BCUT2D eigenvalue weighted by atomic mass is 10.1. The van der Waals surface area contributed by atoms with Crippen LogP contribution in [-0.2, 0) is 22.5 Å². The third-order valence-corrected chi connectivity index (χ3v) is 3.90. The van der Waals surface area contributed by atoms with Gasteiger partial charge in [-0.3, -0.25) is 4.79 Å². The highest BCUT2D eigenvalue weighted by molar-refractivity contribution is 5.78. The van der Waals surface area contributed by atoms with Gasteiger partial charge in [0.15, 0.2) is 0 Å². The molecule has 0 fully saturated rings. The summed E-state index contributed by atoms with van der Waals surface area (Å²) in [5.41, 5.74) is 5.12. The molecule has 0 atom stereocenters. The summed E-state index contributed by atoms with van der Waals surface area (Å²) in [5.74, 6) is -0.300. The lowest BCUT2D eigenvalue weighted by Gasteiger charge is -2.06. The molecule has 0 aliphatic rings. The third-order valence-electron chi connectivity index (χ3n) is 3.90. The number of hydrogen-bond donors (Lipinski definition) is 0. The highest BCUT2D eigenvalue weighted by Crippen LogP contribution is 2.17. The van der Waals surface area contributed by atoms with Crippen molar-refractivity contribution in [1.82, 2.24) is 15.0 Å². The summed E-state index contributed by atoms with van der Waals surface area (Å²) < 4.78 is 6.88. The smallest absolute Gasteiger partial charge is 0.327 e. The second kappa shape index (κ2) is 6.60. The molecule has 0 N–H and O–H groups in total. The van der Waals surface area contributed by atoms with Gasteiger partial charge in [-0.15, -0.1) is 5.10 Å². The van der Waals surface area contributed by atoms with Crippen molar-refractivity contribution in [2.24, 2.45) is 0 Å². The highest BCUT2D eigenvalue weighted by atomic mass is 16.5. The zero-order chi connectivity index (χ0) is 16.2. The van der Waals surface area contributed by atoms with Gasteiger partial charge in [0.2, 0.25) is 0 Å². The number of carbonyl (C=O) groups excluding carboxylic acids is 1. The van der Waals surface area contributed by atoms with E-state index < -0.39 is 0 Å². The first-order valence-electron chi connectivity index (χ1n) is 7.63. The van der Waals surface area contributed by atoms with Crippen LogP contribution in [-0.4, -0.2) is 27.6 Å². The van der Waals surface area contributed by atoms with E-state index in [0.29, 0.717) is 13.0 Å². The molecule has 0 aliphatic heterocycles. The summed E-state index contributed by atoms with van der Waals surface area (Å²) in [6, 6.07) is 13.9. The van der Waals surface area contributed by atoms with Crippen molar-refractivity contribution in [1.29, 1.82) is 0 Å². The third kappa shape index (κ3) is 3.56. The monoisotopic (exact) mass is 309 g/mol. The summed E-state index contributed by atoms with van der Waals surface area (Å²) in [7, 11) is 0. The topological polar surface area (TPSA) is 57.0 Å². The minimum atomic E-state index is -0.300. The van der Waals surface area contributed by atoms with Crippen LogP contribution < -0.4 is 0 Å². The molecular formula is C18H19N3O2. The zero-order valence-corrected chi connectivity index (χ0v) is 13.3. The second-order valence-electron chi connectivity index (χ2n) is 5.63. The Bertz CT molecular complexity index is 825. The van der Waals surface area contributed by atoms with E-state index in [0.717, 1.165) is 27.7 Å². The molecule has 0 bridgehead atoms. The van der Waals surface area contributed by atoms with Gasteiger partial charge in [0, 0.05) is 6.42 Å². The zero-order valence-electron chi connectivity index (χ0n) is 13.3. The Kier molecular flexibility index (Phi) is 4.37. The molecule has 1 heterocycles. The lowest BCUT2D eigenvalue weighted by Crippen LogP contribution is -2.16. The van der Waals surface area contributed by atoms with Crippen LogP contribution in [0.1, 0.15) is 16.7 Å². The number of rotatable bonds is 5. The average molecular weight is 309 g/mol. The van der Waals surface area contributed by atoms with E-state index in [1.165, 1.54) is 0 Å². The molecule has 3 aromatic rings. The van der Waals surface area contributed by atoms with E-state index in [4.69, 9.17) is 4.74 Å². The van der Waals surface area contributed by atoms with Crippen molar-refractivity contribution in [3.05, 3.63) is 59.2 Å². The summed E-state index contributed by atoms with van der Waals surface area (Å²) >= 11 is 0. The number of aromatic nitrogens is 3. The second-order valence-corrected chi connectivity index (χ2v) is 5.63. The number of benzene rings is 2. The molecule has 2 aromatic carbocycles. The number of nitrogens with zero attached hydrogens (tertiary/aromatic N) is 3. The predicted molar refractivity (Wildman–Crippen MR) is 88.1 cm³/mol. The summed E-state index contributed by atoms with van der Waals surface area (Å²) in [6.07, 6.45) is 0.711. The molecule has 3 rings (SSSR count). The molecule has 5 heteroatoms. The number of ether oxygens (including phenoxy) is 1. The minimum Gasteiger partial charge on any atom is -0.464 e. The van der Waals surface area contributed by atoms with E-state index >= 15 is 0 Å². The first-order chi connectivity index (χ1) is 11.1. The molecule has 0 spiro atoms. The van der Waals surface area contributed by atoms with Crippen LogP contribution in [0, 0.1) is 13.8 Å². The van der Waals surface area contributed by atoms with Crippen molar-refractivity contribution in [3.63, 3.8) is 0 Å². The van der Waals surface area contributed by atoms with Crippen LogP contribution in [0.15, 0.2) is 42.5 Å². The molecule has 0 aliphatic carbocycles. The number of carbonyl (C=O) groups is 1. The molecular weight excluding hydrogens is 290 g/mol. The number of hydrogen-bond acceptors (Lipinski definition) is 4. The number of esters is 1. The Morgan fingerprint density at radius 3 is 2.65 bits per heavy atom. The van der Waals surface area contributed by atoms with Crippen molar-refractivity contribution >= 4 is 17.0 Å². The molecule has 5 nitrogen and oxygen atoms in total. The lowest BCUT2D eigenvalue weighted by molar-refractivity contribution is -0.144. The van der Waals surface area contributed by atoms with Gasteiger partial charge in [0.1, 0.15) is 12.1 Å². The molecule has 1 aromatic heterocycles. The largest absolute Gasteiger partial charge is 0.464 e. The number of aryl methyl sites for hydroxylation is 2. The van der Waals surface area contributed by atoms with Crippen LogP contribution >= 0.6 is 0 Å². The first-order valence-corrected chi connectivity index (χ1v) is 7.63. The quantitative estimate of drug-likeness (QED) is 0.680. The van der Waals surface area contributed by atoms with Crippen LogP contribution in [0.3, 0.4) is 0 Å². The fourth-order valence-corrected chi connectivity index (χ4v) is 2.44. The standard InChI is InChI=1S/C18H19N3O2/c1-13-10-16-17(11-14(13)2)21(20-19-16)12-18(22)23-9-8-15-6-4-3-5-7-15/h3-7,10-11H,8-9,12H2,1-2H3. The summed E-state index contributed by atoms with van der Waals surface area (Å²) in [5, 5.41) is 8.16. The predicted octanol–water partition coefficient (Wildman–Crippen LogP) is 2.83. The normalized spacial score (nSPS) is 10.9. The van der Waals surface area contributed by atoms with Crippen LogP contribution in [0.4, 0.5) is 0 Å². The number of fused-ring (bicyclic) bond motifs is 1. The van der Waals surface area contributed by atoms with Gasteiger partial charge in [-0.2, -0.15) is 0 Å². The van der Waals surface area contributed by atoms with Crippen LogP contribution in [0.5, 0.6) is 0 Å². The molecule has 0 saturated carbocycles. The average Bonchev–Trinajstić information content (AvgIpc) is 2.91. The van der Waals surface area contributed by atoms with Gasteiger partial charge in [0.05, 0.1) is 12.1 Å². The molecule has 0 saturated heterocycles. The van der Waals surface area contributed by atoms with E-state index in [1.54, 1.807) is 4.68 Å². The maximum atomic E-state index is 12.0. The van der Waals surface area contributed by atoms with E-state index in [2.05, 4.69) is 10.3 Å². The van der Waals surface area contributed by atoms with Gasteiger partial charge >= 0.3 is 5.97 Å². The molecule has 0 amide bonds. The van der Waals surface area contributed by atoms with Crippen LogP contribution in [0.2, 0.25) is 0 Å². The molecule has 0 unspecified atom stereocenters.